The summed E-state index contributed by atoms with van der Waals surface area (Å²) in [7, 11) is 1.69. The summed E-state index contributed by atoms with van der Waals surface area (Å²) in [5, 5.41) is 2.83. The predicted octanol–water partition coefficient (Wildman–Crippen LogP) is 3.58. The molecular weight excluding hydrogens is 430 g/mol. The maximum Gasteiger partial charge on any atom is 0.259 e. The zero-order valence-corrected chi connectivity index (χ0v) is 20.4. The number of aryl methyl sites for hydroxylation is 1. The van der Waals surface area contributed by atoms with Gasteiger partial charge in [0.25, 0.3) is 11.8 Å². The van der Waals surface area contributed by atoms with Gasteiger partial charge in [0.2, 0.25) is 5.43 Å². The van der Waals surface area contributed by atoms with Gasteiger partial charge in [-0.25, -0.2) is 4.98 Å². The summed E-state index contributed by atoms with van der Waals surface area (Å²) in [5.41, 5.74) is 2.08. The number of carbonyl (C=O) groups excluding carboxylic acids is 2. The fourth-order valence-electron chi connectivity index (χ4n) is 4.72. The molecule has 8 heteroatoms. The molecule has 1 aliphatic rings. The normalized spacial score (nSPS) is 14.1. The zero-order chi connectivity index (χ0) is 24.4. The first-order valence-electron chi connectivity index (χ1n) is 12.0. The molecule has 0 radical (unpaired) electrons. The number of imidazole rings is 1. The lowest BCUT2D eigenvalue weighted by molar-refractivity contribution is 0.0776. The van der Waals surface area contributed by atoms with Crippen molar-refractivity contribution in [2.45, 2.75) is 59.0 Å². The summed E-state index contributed by atoms with van der Waals surface area (Å²) in [6.45, 7) is 6.74. The van der Waals surface area contributed by atoms with Crippen molar-refractivity contribution in [1.82, 2.24) is 24.2 Å². The lowest BCUT2D eigenvalue weighted by Crippen LogP contribution is -2.37. The van der Waals surface area contributed by atoms with Gasteiger partial charge in [-0.3, -0.25) is 14.4 Å². The van der Waals surface area contributed by atoms with Crippen molar-refractivity contribution in [2.24, 2.45) is 5.92 Å². The highest BCUT2D eigenvalue weighted by atomic mass is 16.2. The van der Waals surface area contributed by atoms with Crippen molar-refractivity contribution in [1.29, 1.82) is 0 Å². The highest BCUT2D eigenvalue weighted by Crippen LogP contribution is 2.29. The van der Waals surface area contributed by atoms with Crippen LogP contribution in [0.3, 0.4) is 0 Å². The molecule has 34 heavy (non-hydrogen) atoms. The van der Waals surface area contributed by atoms with Crippen molar-refractivity contribution in [2.75, 3.05) is 13.6 Å². The molecule has 1 fully saturated rings. The number of hydrogen-bond acceptors (Lipinski definition) is 4. The van der Waals surface area contributed by atoms with Crippen LogP contribution in [-0.2, 0) is 6.54 Å². The molecule has 3 heterocycles. The van der Waals surface area contributed by atoms with E-state index in [1.54, 1.807) is 24.3 Å². The summed E-state index contributed by atoms with van der Waals surface area (Å²) in [4.78, 5) is 45.7. The number of nitrogens with one attached hydrogen (secondary N) is 1. The summed E-state index contributed by atoms with van der Waals surface area (Å²) in [6, 6.07) is 4.11. The number of carbonyl (C=O) groups is 2. The van der Waals surface area contributed by atoms with Crippen LogP contribution in [0.2, 0.25) is 0 Å². The van der Waals surface area contributed by atoms with Crippen LogP contribution in [0.1, 0.15) is 77.5 Å². The van der Waals surface area contributed by atoms with Gasteiger partial charge in [0.1, 0.15) is 16.8 Å². The van der Waals surface area contributed by atoms with Gasteiger partial charge in [0.15, 0.2) is 0 Å². The first-order chi connectivity index (χ1) is 16.2. The Morgan fingerprint density at radius 2 is 1.88 bits per heavy atom. The van der Waals surface area contributed by atoms with E-state index in [-0.39, 0.29) is 35.5 Å². The Balaban J connectivity index is 1.62. The maximum absolute atomic E-state index is 13.3. The second-order valence-electron chi connectivity index (χ2n) is 9.72. The molecule has 8 nitrogen and oxygen atoms in total. The summed E-state index contributed by atoms with van der Waals surface area (Å²) >= 11 is 0. The molecule has 1 saturated carbocycles. The van der Waals surface area contributed by atoms with E-state index in [1.807, 2.05) is 54.3 Å². The average Bonchev–Trinajstić information content (AvgIpc) is 3.47. The number of rotatable bonds is 7. The van der Waals surface area contributed by atoms with Gasteiger partial charge >= 0.3 is 0 Å². The lowest BCUT2D eigenvalue weighted by atomic mass is 10.1. The number of amides is 2. The number of aromatic nitrogens is 3. The van der Waals surface area contributed by atoms with Crippen molar-refractivity contribution < 1.29 is 9.59 Å². The van der Waals surface area contributed by atoms with E-state index < -0.39 is 11.3 Å². The van der Waals surface area contributed by atoms with E-state index in [0.29, 0.717) is 12.2 Å². The zero-order valence-electron chi connectivity index (χ0n) is 20.4. The molecule has 0 aromatic carbocycles. The Hall–Kier alpha value is -3.42. The van der Waals surface area contributed by atoms with E-state index in [1.165, 1.54) is 0 Å². The van der Waals surface area contributed by atoms with Crippen LogP contribution in [0, 0.1) is 12.8 Å². The molecule has 1 N–H and O–H groups in total. The summed E-state index contributed by atoms with van der Waals surface area (Å²) < 4.78 is 3.81. The average molecular weight is 464 g/mol. The smallest absolute Gasteiger partial charge is 0.259 e. The Bertz CT molecular complexity index is 1270. The van der Waals surface area contributed by atoms with Crippen molar-refractivity contribution in [3.63, 3.8) is 0 Å². The van der Waals surface area contributed by atoms with E-state index in [2.05, 4.69) is 10.3 Å². The van der Waals surface area contributed by atoms with Crippen LogP contribution in [0.15, 0.2) is 41.7 Å². The monoisotopic (exact) mass is 463 g/mol. The third kappa shape index (κ3) is 4.90. The van der Waals surface area contributed by atoms with Gasteiger partial charge in [-0.05, 0) is 37.3 Å². The first kappa shape index (κ1) is 23.7. The standard InChI is InChI=1S/C26H33N5O3/c1-17(2)13-29(4)26(34)22-16-31(20-9-5-6-10-20)15-21(23(22)32)25(33)27-12-19-14-30-11-7-8-18(3)24(30)28-19/h7-8,11,14-17,20H,5-6,9-10,12-13H2,1-4H3,(H,27,33). The number of fused-ring (bicyclic) bond motifs is 1. The van der Waals surface area contributed by atoms with Gasteiger partial charge in [-0.2, -0.15) is 0 Å². The second-order valence-corrected chi connectivity index (χ2v) is 9.72. The maximum atomic E-state index is 13.3. The Morgan fingerprint density at radius 1 is 1.18 bits per heavy atom. The minimum absolute atomic E-state index is 0.00404. The van der Waals surface area contributed by atoms with Crippen LogP contribution in [0.25, 0.3) is 5.65 Å². The van der Waals surface area contributed by atoms with Gasteiger partial charge in [-0.1, -0.05) is 32.8 Å². The Morgan fingerprint density at radius 3 is 2.56 bits per heavy atom. The van der Waals surface area contributed by atoms with Gasteiger partial charge in [-0.15, -0.1) is 0 Å². The van der Waals surface area contributed by atoms with Crippen LogP contribution >= 0.6 is 0 Å². The molecule has 180 valence electrons. The van der Waals surface area contributed by atoms with Crippen LogP contribution in [0.4, 0.5) is 0 Å². The number of pyridine rings is 2. The van der Waals surface area contributed by atoms with Gasteiger partial charge < -0.3 is 19.2 Å². The Kier molecular flexibility index (Phi) is 6.86. The molecule has 0 spiro atoms. The molecule has 3 aromatic rings. The predicted molar refractivity (Wildman–Crippen MR) is 131 cm³/mol. The number of hydrogen-bond donors (Lipinski definition) is 1. The quantitative estimate of drug-likeness (QED) is 0.580. The number of nitrogens with zero attached hydrogens (tertiary/aromatic N) is 4. The summed E-state index contributed by atoms with van der Waals surface area (Å²) in [6.07, 6.45) is 11.2. The largest absolute Gasteiger partial charge is 0.349 e. The van der Waals surface area contributed by atoms with Crippen LogP contribution < -0.4 is 10.7 Å². The fraction of sp³-hybridized carbons (Fsp3) is 0.462. The highest BCUT2D eigenvalue weighted by Gasteiger charge is 2.25. The highest BCUT2D eigenvalue weighted by molar-refractivity contribution is 5.99. The molecule has 1 aliphatic carbocycles. The minimum Gasteiger partial charge on any atom is -0.349 e. The van der Waals surface area contributed by atoms with Crippen molar-refractivity contribution in [3.05, 3.63) is 69.5 Å². The third-order valence-corrected chi connectivity index (χ3v) is 6.41. The van der Waals surface area contributed by atoms with Crippen molar-refractivity contribution >= 4 is 17.5 Å². The molecule has 4 rings (SSSR count). The van der Waals surface area contributed by atoms with E-state index in [9.17, 15) is 14.4 Å². The molecular formula is C26H33N5O3. The molecule has 0 bridgehead atoms. The SMILES string of the molecule is Cc1cccn2cc(CNC(=O)c3cn(C4CCCC4)cc(C(=O)N(C)CC(C)C)c3=O)nc12. The fourth-order valence-corrected chi connectivity index (χ4v) is 4.72. The summed E-state index contributed by atoms with van der Waals surface area (Å²) in [5.74, 6) is -0.575. The Labute approximate surface area is 199 Å². The molecule has 0 atom stereocenters. The van der Waals surface area contributed by atoms with Gasteiger partial charge in [0, 0.05) is 44.4 Å². The van der Waals surface area contributed by atoms with E-state index in [0.717, 1.165) is 36.9 Å². The van der Waals surface area contributed by atoms with E-state index in [4.69, 9.17) is 0 Å². The minimum atomic E-state index is -0.529. The van der Waals surface area contributed by atoms with Crippen LogP contribution in [0.5, 0.6) is 0 Å². The molecule has 2 amide bonds. The molecule has 0 aliphatic heterocycles. The van der Waals surface area contributed by atoms with Gasteiger partial charge in [0.05, 0.1) is 12.2 Å². The molecule has 3 aromatic heterocycles. The molecule has 0 saturated heterocycles. The third-order valence-electron chi connectivity index (χ3n) is 6.41. The van der Waals surface area contributed by atoms with Crippen molar-refractivity contribution in [3.8, 4) is 0 Å². The van der Waals surface area contributed by atoms with E-state index >= 15 is 0 Å². The molecule has 0 unspecified atom stereocenters. The lowest BCUT2D eigenvalue weighted by Gasteiger charge is -2.22. The van der Waals surface area contributed by atoms with Crippen LogP contribution in [-0.4, -0.2) is 44.3 Å². The topological polar surface area (TPSA) is 88.7 Å². The first-order valence-corrected chi connectivity index (χ1v) is 12.0. The second kappa shape index (κ2) is 9.83.